The van der Waals surface area contributed by atoms with E-state index in [0.717, 1.165) is 6.42 Å². The van der Waals surface area contributed by atoms with Crippen LogP contribution in [0.3, 0.4) is 0 Å². The van der Waals surface area contributed by atoms with Crippen LogP contribution >= 0.6 is 0 Å². The van der Waals surface area contributed by atoms with Gasteiger partial charge in [0, 0.05) is 19.2 Å². The van der Waals surface area contributed by atoms with E-state index in [-0.39, 0.29) is 6.09 Å². The summed E-state index contributed by atoms with van der Waals surface area (Å²) in [6.07, 6.45) is 6.10. The fourth-order valence-electron chi connectivity index (χ4n) is 1.27. The van der Waals surface area contributed by atoms with Gasteiger partial charge in [-0.15, -0.1) is 0 Å². The zero-order valence-corrected chi connectivity index (χ0v) is 7.64. The van der Waals surface area contributed by atoms with E-state index in [4.69, 9.17) is 4.74 Å². The lowest BCUT2D eigenvalue weighted by Crippen LogP contribution is -2.36. The Morgan fingerprint density at radius 3 is 3.14 bits per heavy atom. The molecule has 0 radical (unpaired) electrons. The number of amides is 1. The average molecular weight is 193 g/mol. The SMILES string of the molecule is O=C(Oc1ccn[nH]1)N1CC=CCC1. The molecule has 1 aliphatic heterocycles. The van der Waals surface area contributed by atoms with Crippen LogP contribution in [0.5, 0.6) is 5.88 Å². The fourth-order valence-corrected chi connectivity index (χ4v) is 1.27. The van der Waals surface area contributed by atoms with Gasteiger partial charge in [-0.05, 0) is 6.42 Å². The van der Waals surface area contributed by atoms with Gasteiger partial charge in [-0.1, -0.05) is 12.2 Å². The van der Waals surface area contributed by atoms with Gasteiger partial charge in [-0.2, -0.15) is 5.10 Å². The molecule has 1 N–H and O–H groups in total. The van der Waals surface area contributed by atoms with Gasteiger partial charge in [0.2, 0.25) is 5.88 Å². The Hall–Kier alpha value is -1.78. The molecule has 5 nitrogen and oxygen atoms in total. The molecule has 1 aliphatic rings. The van der Waals surface area contributed by atoms with Gasteiger partial charge in [-0.25, -0.2) is 9.89 Å². The van der Waals surface area contributed by atoms with E-state index in [2.05, 4.69) is 16.3 Å². The Labute approximate surface area is 81.4 Å². The van der Waals surface area contributed by atoms with Gasteiger partial charge in [0.15, 0.2) is 0 Å². The Kier molecular flexibility index (Phi) is 2.48. The van der Waals surface area contributed by atoms with Crippen LogP contribution in [0, 0.1) is 0 Å². The molecular weight excluding hydrogens is 182 g/mol. The summed E-state index contributed by atoms with van der Waals surface area (Å²) in [5.41, 5.74) is 0. The van der Waals surface area contributed by atoms with Crippen LogP contribution in [0.25, 0.3) is 0 Å². The number of ether oxygens (including phenoxy) is 1. The van der Waals surface area contributed by atoms with Crippen LogP contribution < -0.4 is 4.74 Å². The maximum Gasteiger partial charge on any atom is 0.416 e. The highest BCUT2D eigenvalue weighted by atomic mass is 16.6. The van der Waals surface area contributed by atoms with E-state index in [9.17, 15) is 4.79 Å². The Balaban J connectivity index is 1.92. The van der Waals surface area contributed by atoms with Crippen molar-refractivity contribution in [1.82, 2.24) is 15.1 Å². The Morgan fingerprint density at radius 2 is 2.50 bits per heavy atom. The van der Waals surface area contributed by atoms with Crippen LogP contribution in [0.1, 0.15) is 6.42 Å². The van der Waals surface area contributed by atoms with Crippen LogP contribution in [0.15, 0.2) is 24.4 Å². The quantitative estimate of drug-likeness (QED) is 0.681. The first-order valence-electron chi connectivity index (χ1n) is 4.47. The van der Waals surface area contributed by atoms with Gasteiger partial charge in [-0.3, -0.25) is 0 Å². The first kappa shape index (κ1) is 8.80. The molecule has 2 rings (SSSR count). The van der Waals surface area contributed by atoms with Crippen molar-refractivity contribution in [1.29, 1.82) is 0 Å². The number of carbonyl (C=O) groups excluding carboxylic acids is 1. The number of H-pyrrole nitrogens is 1. The maximum atomic E-state index is 11.5. The van der Waals surface area contributed by atoms with E-state index >= 15 is 0 Å². The number of rotatable bonds is 1. The van der Waals surface area contributed by atoms with E-state index < -0.39 is 0 Å². The molecule has 0 saturated heterocycles. The van der Waals surface area contributed by atoms with Crippen LogP contribution in [-0.4, -0.2) is 34.3 Å². The predicted octanol–water partition coefficient (Wildman–Crippen LogP) is 1.17. The summed E-state index contributed by atoms with van der Waals surface area (Å²) in [7, 11) is 0. The molecule has 0 fully saturated rings. The highest BCUT2D eigenvalue weighted by molar-refractivity contribution is 5.70. The van der Waals surface area contributed by atoms with Crippen molar-refractivity contribution in [2.45, 2.75) is 6.42 Å². The molecule has 0 atom stereocenters. The number of hydrogen-bond donors (Lipinski definition) is 1. The molecule has 1 amide bonds. The van der Waals surface area contributed by atoms with E-state index in [1.54, 1.807) is 17.2 Å². The highest BCUT2D eigenvalue weighted by Crippen LogP contribution is 2.07. The summed E-state index contributed by atoms with van der Waals surface area (Å²) in [6.45, 7) is 1.33. The van der Waals surface area contributed by atoms with Crippen molar-refractivity contribution in [3.63, 3.8) is 0 Å². The minimum absolute atomic E-state index is 0.335. The minimum Gasteiger partial charge on any atom is -0.392 e. The van der Waals surface area contributed by atoms with Crippen LogP contribution in [0.2, 0.25) is 0 Å². The summed E-state index contributed by atoms with van der Waals surface area (Å²) >= 11 is 0. The topological polar surface area (TPSA) is 58.2 Å². The number of nitrogens with one attached hydrogen (secondary N) is 1. The maximum absolute atomic E-state index is 11.5. The summed E-state index contributed by atoms with van der Waals surface area (Å²) in [6, 6.07) is 1.61. The average Bonchev–Trinajstić information content (AvgIpc) is 2.72. The summed E-state index contributed by atoms with van der Waals surface area (Å²) in [5.74, 6) is 0.379. The normalized spacial score (nSPS) is 15.6. The molecule has 74 valence electrons. The number of nitrogens with zero attached hydrogens (tertiary/aromatic N) is 2. The van der Waals surface area contributed by atoms with Crippen molar-refractivity contribution >= 4 is 6.09 Å². The zero-order chi connectivity index (χ0) is 9.80. The second kappa shape index (κ2) is 3.95. The summed E-state index contributed by atoms with van der Waals surface area (Å²) < 4.78 is 5.03. The second-order valence-corrected chi connectivity index (χ2v) is 2.99. The number of aromatic nitrogens is 2. The monoisotopic (exact) mass is 193 g/mol. The van der Waals surface area contributed by atoms with Gasteiger partial charge in [0.1, 0.15) is 0 Å². The zero-order valence-electron chi connectivity index (χ0n) is 7.64. The molecule has 0 spiro atoms. The highest BCUT2D eigenvalue weighted by Gasteiger charge is 2.15. The Morgan fingerprint density at radius 1 is 1.57 bits per heavy atom. The predicted molar refractivity (Wildman–Crippen MR) is 49.9 cm³/mol. The van der Waals surface area contributed by atoms with Crippen LogP contribution in [-0.2, 0) is 0 Å². The van der Waals surface area contributed by atoms with Gasteiger partial charge >= 0.3 is 6.09 Å². The summed E-state index contributed by atoms with van der Waals surface area (Å²) in [4.78, 5) is 13.1. The molecule has 0 bridgehead atoms. The van der Waals surface area contributed by atoms with Gasteiger partial charge in [0.05, 0.1) is 6.20 Å². The molecule has 1 aromatic rings. The standard InChI is InChI=1S/C9H11N3O2/c13-9(12-6-2-1-3-7-12)14-8-4-5-10-11-8/h1-2,4-5H,3,6-7H2,(H,10,11). The minimum atomic E-state index is -0.335. The molecule has 5 heteroatoms. The van der Waals surface area contributed by atoms with E-state index in [1.165, 1.54) is 0 Å². The molecule has 1 aromatic heterocycles. The third-order valence-electron chi connectivity index (χ3n) is 1.99. The molecular formula is C9H11N3O2. The molecule has 2 heterocycles. The summed E-state index contributed by atoms with van der Waals surface area (Å²) in [5, 5.41) is 6.26. The van der Waals surface area contributed by atoms with Crippen molar-refractivity contribution in [2.75, 3.05) is 13.1 Å². The first-order chi connectivity index (χ1) is 6.86. The molecule has 0 aliphatic carbocycles. The second-order valence-electron chi connectivity index (χ2n) is 2.99. The molecule has 0 aromatic carbocycles. The van der Waals surface area contributed by atoms with Crippen LogP contribution in [0.4, 0.5) is 4.79 Å². The number of hydrogen-bond acceptors (Lipinski definition) is 3. The van der Waals surface area contributed by atoms with Crippen molar-refractivity contribution < 1.29 is 9.53 Å². The number of aromatic amines is 1. The third-order valence-corrected chi connectivity index (χ3v) is 1.99. The first-order valence-corrected chi connectivity index (χ1v) is 4.47. The van der Waals surface area contributed by atoms with Crippen molar-refractivity contribution in [3.05, 3.63) is 24.4 Å². The van der Waals surface area contributed by atoms with Crippen molar-refractivity contribution in [3.8, 4) is 5.88 Å². The fraction of sp³-hybridized carbons (Fsp3) is 0.333. The molecule has 0 saturated carbocycles. The van der Waals surface area contributed by atoms with Gasteiger partial charge in [0.25, 0.3) is 0 Å². The third kappa shape index (κ3) is 1.93. The van der Waals surface area contributed by atoms with Gasteiger partial charge < -0.3 is 9.64 Å². The molecule has 0 unspecified atom stereocenters. The van der Waals surface area contributed by atoms with E-state index in [0.29, 0.717) is 19.0 Å². The lowest BCUT2D eigenvalue weighted by atomic mass is 10.3. The lowest BCUT2D eigenvalue weighted by Gasteiger charge is -2.21. The largest absolute Gasteiger partial charge is 0.416 e. The number of carbonyl (C=O) groups is 1. The molecule has 14 heavy (non-hydrogen) atoms. The smallest absolute Gasteiger partial charge is 0.392 e. The Bertz CT molecular complexity index is 332. The van der Waals surface area contributed by atoms with E-state index in [1.807, 2.05) is 6.08 Å². The lowest BCUT2D eigenvalue weighted by molar-refractivity contribution is 0.154. The van der Waals surface area contributed by atoms with Crippen molar-refractivity contribution in [2.24, 2.45) is 0 Å².